The van der Waals surface area contributed by atoms with Crippen molar-refractivity contribution in [3.05, 3.63) is 18.0 Å². The Balaban J connectivity index is 2.37. The third-order valence-electron chi connectivity index (χ3n) is 4.10. The second-order valence-electron chi connectivity index (χ2n) is 6.50. The van der Waals surface area contributed by atoms with E-state index in [0.29, 0.717) is 6.42 Å². The van der Waals surface area contributed by atoms with Crippen LogP contribution in [0.25, 0.3) is 0 Å². The van der Waals surface area contributed by atoms with Crippen LogP contribution >= 0.6 is 0 Å². The van der Waals surface area contributed by atoms with E-state index in [4.69, 9.17) is 15.0 Å². The van der Waals surface area contributed by atoms with Gasteiger partial charge in [0.15, 0.2) is 0 Å². The Hall–Kier alpha value is -1.11. The van der Waals surface area contributed by atoms with Crippen LogP contribution in [0, 0.1) is 0 Å². The summed E-state index contributed by atoms with van der Waals surface area (Å²) in [6.45, 7) is 9.87. The molecule has 1 aromatic heterocycles. The number of pyridine rings is 1. The molecule has 1 aliphatic rings. The Kier molecular flexibility index (Phi) is 3.84. The first-order valence-electron chi connectivity index (χ1n) is 6.91. The molecule has 0 amide bonds. The number of hydrogen-bond donors (Lipinski definition) is 2. The third-order valence-corrected chi connectivity index (χ3v) is 4.10. The Morgan fingerprint density at radius 1 is 1.25 bits per heavy atom. The van der Waals surface area contributed by atoms with Gasteiger partial charge in [0, 0.05) is 17.7 Å². The highest BCUT2D eigenvalue weighted by atomic mass is 16.7. The normalized spacial score (nSPS) is 22.0. The summed E-state index contributed by atoms with van der Waals surface area (Å²) in [6, 6.07) is -0.0653. The average molecular weight is 278 g/mol. The minimum absolute atomic E-state index is 0.0653. The number of aromatic nitrogens is 1. The molecule has 0 aromatic carbocycles. The van der Waals surface area contributed by atoms with Crippen LogP contribution in [-0.4, -0.2) is 34.5 Å². The van der Waals surface area contributed by atoms with Crippen LogP contribution in [0.5, 0.6) is 5.75 Å². The summed E-state index contributed by atoms with van der Waals surface area (Å²) in [5.74, 6) is 0.134. The monoisotopic (exact) mass is 278 g/mol. The lowest BCUT2D eigenvalue weighted by Crippen LogP contribution is -2.41. The smallest absolute Gasteiger partial charge is 0.496 e. The molecule has 6 heteroatoms. The summed E-state index contributed by atoms with van der Waals surface area (Å²) < 4.78 is 12.0. The van der Waals surface area contributed by atoms with Gasteiger partial charge in [0.25, 0.3) is 0 Å². The van der Waals surface area contributed by atoms with Gasteiger partial charge < -0.3 is 20.1 Å². The molecule has 1 saturated heterocycles. The van der Waals surface area contributed by atoms with Crippen LogP contribution in [-0.2, 0) is 15.7 Å². The predicted octanol–water partition coefficient (Wildman–Crippen LogP) is 0.976. The SMILES string of the molecule is CC(N)Cc1c(O)cncc1B1OC(C)(C)C(C)(C)O1. The minimum atomic E-state index is -0.534. The maximum absolute atomic E-state index is 10.0. The Bertz CT molecular complexity index is 487. The summed E-state index contributed by atoms with van der Waals surface area (Å²) in [7, 11) is -0.534. The van der Waals surface area contributed by atoms with Gasteiger partial charge in [0.05, 0.1) is 17.4 Å². The van der Waals surface area contributed by atoms with Crippen molar-refractivity contribution in [3.8, 4) is 5.75 Å². The zero-order valence-electron chi connectivity index (χ0n) is 12.8. The zero-order chi connectivity index (χ0) is 15.1. The molecule has 0 radical (unpaired) electrons. The van der Waals surface area contributed by atoms with Gasteiger partial charge in [-0.1, -0.05) is 0 Å². The second kappa shape index (κ2) is 5.02. The van der Waals surface area contributed by atoms with Crippen LogP contribution in [0.4, 0.5) is 0 Å². The molecule has 1 aliphatic heterocycles. The molecule has 110 valence electrons. The fourth-order valence-corrected chi connectivity index (χ4v) is 2.21. The van der Waals surface area contributed by atoms with Crippen molar-refractivity contribution < 1.29 is 14.4 Å². The summed E-state index contributed by atoms with van der Waals surface area (Å²) >= 11 is 0. The van der Waals surface area contributed by atoms with E-state index in [1.54, 1.807) is 6.20 Å². The third kappa shape index (κ3) is 2.68. The van der Waals surface area contributed by atoms with Gasteiger partial charge in [-0.3, -0.25) is 4.98 Å². The van der Waals surface area contributed by atoms with E-state index in [9.17, 15) is 5.11 Å². The lowest BCUT2D eigenvalue weighted by molar-refractivity contribution is 0.00578. The van der Waals surface area contributed by atoms with Crippen molar-refractivity contribution in [2.45, 2.75) is 58.3 Å². The molecule has 20 heavy (non-hydrogen) atoms. The molecule has 0 aliphatic carbocycles. The molecule has 1 fully saturated rings. The standard InChI is InChI=1S/C14H23BN2O3/c1-9(16)6-10-11(7-17-8-12(10)18)15-19-13(2,3)14(4,5)20-15/h7-9,18H,6,16H2,1-5H3. The first-order valence-corrected chi connectivity index (χ1v) is 6.91. The molecule has 0 bridgehead atoms. The largest absolute Gasteiger partial charge is 0.506 e. The van der Waals surface area contributed by atoms with Crippen molar-refractivity contribution in [3.63, 3.8) is 0 Å². The van der Waals surface area contributed by atoms with Gasteiger partial charge in [-0.05, 0) is 46.6 Å². The molecule has 1 atom stereocenters. The molecule has 5 nitrogen and oxygen atoms in total. The Morgan fingerprint density at radius 3 is 2.30 bits per heavy atom. The van der Waals surface area contributed by atoms with Crippen LogP contribution < -0.4 is 11.2 Å². The topological polar surface area (TPSA) is 77.6 Å². The maximum Gasteiger partial charge on any atom is 0.496 e. The van der Waals surface area contributed by atoms with Crippen LogP contribution in [0.1, 0.15) is 40.2 Å². The predicted molar refractivity (Wildman–Crippen MR) is 79.0 cm³/mol. The first kappa shape index (κ1) is 15.3. The van der Waals surface area contributed by atoms with Crippen LogP contribution in [0.15, 0.2) is 12.4 Å². The molecule has 3 N–H and O–H groups in total. The van der Waals surface area contributed by atoms with Gasteiger partial charge in [-0.25, -0.2) is 0 Å². The van der Waals surface area contributed by atoms with Crippen molar-refractivity contribution in [1.82, 2.24) is 4.98 Å². The summed E-state index contributed by atoms with van der Waals surface area (Å²) in [6.07, 6.45) is 3.65. The van der Waals surface area contributed by atoms with Crippen molar-refractivity contribution in [2.75, 3.05) is 0 Å². The van der Waals surface area contributed by atoms with Gasteiger partial charge in [0.2, 0.25) is 0 Å². The zero-order valence-corrected chi connectivity index (χ0v) is 12.8. The fourth-order valence-electron chi connectivity index (χ4n) is 2.21. The molecule has 1 aromatic rings. The van der Waals surface area contributed by atoms with Crippen molar-refractivity contribution in [2.24, 2.45) is 5.73 Å². The minimum Gasteiger partial charge on any atom is -0.506 e. The van der Waals surface area contributed by atoms with E-state index < -0.39 is 18.3 Å². The second-order valence-corrected chi connectivity index (χ2v) is 6.50. The number of nitrogens with zero attached hydrogens (tertiary/aromatic N) is 1. The highest BCUT2D eigenvalue weighted by Gasteiger charge is 2.52. The molecule has 2 heterocycles. The summed E-state index contributed by atoms with van der Waals surface area (Å²) in [5.41, 5.74) is 6.51. The summed E-state index contributed by atoms with van der Waals surface area (Å²) in [4.78, 5) is 4.04. The summed E-state index contributed by atoms with van der Waals surface area (Å²) in [5, 5.41) is 10.0. The number of hydrogen-bond acceptors (Lipinski definition) is 5. The van der Waals surface area contributed by atoms with Crippen molar-refractivity contribution >= 4 is 12.6 Å². The average Bonchev–Trinajstić information content (AvgIpc) is 2.50. The van der Waals surface area contributed by atoms with E-state index >= 15 is 0 Å². The van der Waals surface area contributed by atoms with Gasteiger partial charge in [0.1, 0.15) is 5.75 Å². The molecule has 0 spiro atoms. The van der Waals surface area contributed by atoms with E-state index in [1.807, 2.05) is 34.6 Å². The molecular formula is C14H23BN2O3. The molecular weight excluding hydrogens is 255 g/mol. The fraction of sp³-hybridized carbons (Fsp3) is 0.643. The lowest BCUT2D eigenvalue weighted by Gasteiger charge is -2.32. The molecule has 1 unspecified atom stereocenters. The van der Waals surface area contributed by atoms with Crippen LogP contribution in [0.3, 0.4) is 0 Å². The number of rotatable bonds is 3. The number of nitrogens with two attached hydrogens (primary N) is 1. The van der Waals surface area contributed by atoms with Crippen LogP contribution in [0.2, 0.25) is 0 Å². The first-order chi connectivity index (χ1) is 9.14. The van der Waals surface area contributed by atoms with E-state index in [-0.39, 0.29) is 11.8 Å². The van der Waals surface area contributed by atoms with Gasteiger partial charge in [-0.15, -0.1) is 0 Å². The lowest BCUT2D eigenvalue weighted by atomic mass is 9.75. The Labute approximate surface area is 120 Å². The number of aromatic hydroxyl groups is 1. The molecule has 2 rings (SSSR count). The van der Waals surface area contributed by atoms with E-state index in [0.717, 1.165) is 11.0 Å². The van der Waals surface area contributed by atoms with E-state index in [1.165, 1.54) is 6.20 Å². The molecule has 0 saturated carbocycles. The Morgan fingerprint density at radius 2 is 1.80 bits per heavy atom. The maximum atomic E-state index is 10.0. The highest BCUT2D eigenvalue weighted by molar-refractivity contribution is 6.62. The van der Waals surface area contributed by atoms with Gasteiger partial charge in [-0.2, -0.15) is 0 Å². The van der Waals surface area contributed by atoms with E-state index in [2.05, 4.69) is 4.98 Å². The highest BCUT2D eigenvalue weighted by Crippen LogP contribution is 2.37. The quantitative estimate of drug-likeness (QED) is 0.806. The van der Waals surface area contributed by atoms with Gasteiger partial charge >= 0.3 is 7.12 Å². The van der Waals surface area contributed by atoms with Crippen molar-refractivity contribution in [1.29, 1.82) is 0 Å².